The Labute approximate surface area is 196 Å². The van der Waals surface area contributed by atoms with E-state index in [1.807, 2.05) is 19.1 Å². The summed E-state index contributed by atoms with van der Waals surface area (Å²) in [5.74, 6) is 0.681. The highest BCUT2D eigenvalue weighted by molar-refractivity contribution is 7.21. The number of amides is 1. The molecule has 1 fully saturated rings. The normalized spacial score (nSPS) is 22.6. The molecule has 3 atom stereocenters. The van der Waals surface area contributed by atoms with Crippen molar-refractivity contribution in [2.24, 2.45) is 5.73 Å². The topological polar surface area (TPSA) is 116 Å². The molecule has 5 N–H and O–H groups in total. The number of pyridine rings is 1. The van der Waals surface area contributed by atoms with Gasteiger partial charge >= 0.3 is 0 Å². The summed E-state index contributed by atoms with van der Waals surface area (Å²) in [5, 5.41) is 3.91. The molecular weight excluding hydrogens is 438 g/mol. The molecule has 2 aliphatic rings. The predicted molar refractivity (Wildman–Crippen MR) is 131 cm³/mol. The molecule has 1 amide bonds. The first-order chi connectivity index (χ1) is 15.9. The van der Waals surface area contributed by atoms with Gasteiger partial charge < -0.3 is 31.2 Å². The van der Waals surface area contributed by atoms with E-state index >= 15 is 0 Å². The number of nitrogens with one attached hydrogen (secondary N) is 1. The summed E-state index contributed by atoms with van der Waals surface area (Å²) in [6.45, 7) is 3.99. The number of aryl methyl sites for hydroxylation is 1. The summed E-state index contributed by atoms with van der Waals surface area (Å²) in [5.41, 5.74) is 16.0. The fourth-order valence-electron chi connectivity index (χ4n) is 4.58. The number of thiophene rings is 1. The van der Waals surface area contributed by atoms with Crippen LogP contribution in [0, 0.1) is 6.92 Å². The SMILES string of the molecule is COC1CN(c2ccc3c(c2)OC[C@H](NC(=O)c2sc4nc(C)ccc4c2N)C3)CC[C@H]1N. The molecule has 0 radical (unpaired) electrons. The summed E-state index contributed by atoms with van der Waals surface area (Å²) >= 11 is 1.33. The van der Waals surface area contributed by atoms with Crippen LogP contribution >= 0.6 is 11.3 Å². The smallest absolute Gasteiger partial charge is 0.263 e. The predicted octanol–water partition coefficient (Wildman–Crippen LogP) is 2.47. The zero-order valence-corrected chi connectivity index (χ0v) is 19.7. The van der Waals surface area contributed by atoms with E-state index in [0.717, 1.165) is 52.4 Å². The molecule has 2 aromatic heterocycles. The number of nitrogens with two attached hydrogens (primary N) is 2. The number of carbonyl (C=O) groups is 1. The first kappa shape index (κ1) is 21.9. The van der Waals surface area contributed by atoms with Crippen LogP contribution in [0.25, 0.3) is 10.2 Å². The van der Waals surface area contributed by atoms with Gasteiger partial charge in [0.15, 0.2) is 0 Å². The van der Waals surface area contributed by atoms with Gasteiger partial charge in [-0.25, -0.2) is 4.98 Å². The van der Waals surface area contributed by atoms with Crippen molar-refractivity contribution in [3.8, 4) is 5.75 Å². The lowest BCUT2D eigenvalue weighted by Crippen LogP contribution is -2.51. The zero-order valence-electron chi connectivity index (χ0n) is 18.8. The zero-order chi connectivity index (χ0) is 23.1. The summed E-state index contributed by atoms with van der Waals surface area (Å²) in [6.07, 6.45) is 1.62. The highest BCUT2D eigenvalue weighted by Gasteiger charge is 2.29. The Bertz CT molecular complexity index is 1200. The molecule has 4 heterocycles. The number of nitrogens with zero attached hydrogens (tertiary/aromatic N) is 2. The molecule has 1 aromatic carbocycles. The average Bonchev–Trinajstić information content (AvgIpc) is 3.14. The number of hydrogen-bond donors (Lipinski definition) is 3. The Morgan fingerprint density at radius 1 is 1.33 bits per heavy atom. The Morgan fingerprint density at radius 2 is 2.18 bits per heavy atom. The van der Waals surface area contributed by atoms with Crippen molar-refractivity contribution in [2.45, 2.75) is 38.0 Å². The van der Waals surface area contributed by atoms with E-state index < -0.39 is 0 Å². The summed E-state index contributed by atoms with van der Waals surface area (Å²) in [6, 6.07) is 10.0. The van der Waals surface area contributed by atoms with Crippen LogP contribution in [0.4, 0.5) is 11.4 Å². The molecule has 174 valence electrons. The van der Waals surface area contributed by atoms with Gasteiger partial charge in [0.1, 0.15) is 22.1 Å². The van der Waals surface area contributed by atoms with E-state index in [2.05, 4.69) is 33.4 Å². The molecule has 2 aliphatic heterocycles. The van der Waals surface area contributed by atoms with Gasteiger partial charge in [-0.15, -0.1) is 11.3 Å². The second-order valence-electron chi connectivity index (χ2n) is 8.80. The van der Waals surface area contributed by atoms with Crippen molar-refractivity contribution < 1.29 is 14.3 Å². The number of benzene rings is 1. The molecule has 1 unspecified atom stereocenters. The number of carbonyl (C=O) groups excluding carboxylic acids is 1. The molecule has 9 heteroatoms. The molecule has 1 saturated heterocycles. The van der Waals surface area contributed by atoms with Gasteiger partial charge in [0.25, 0.3) is 5.91 Å². The number of ether oxygens (including phenoxy) is 2. The average molecular weight is 468 g/mol. The minimum absolute atomic E-state index is 0.0238. The highest BCUT2D eigenvalue weighted by Crippen LogP contribution is 2.34. The number of nitrogen functional groups attached to an aromatic ring is 1. The van der Waals surface area contributed by atoms with Crippen LogP contribution in [0.2, 0.25) is 0 Å². The van der Waals surface area contributed by atoms with Crippen molar-refractivity contribution in [1.82, 2.24) is 10.3 Å². The van der Waals surface area contributed by atoms with Gasteiger partial charge in [-0.1, -0.05) is 6.07 Å². The van der Waals surface area contributed by atoms with Gasteiger partial charge in [0, 0.05) is 49.1 Å². The van der Waals surface area contributed by atoms with Crippen molar-refractivity contribution in [3.63, 3.8) is 0 Å². The largest absolute Gasteiger partial charge is 0.491 e. The lowest BCUT2D eigenvalue weighted by atomic mass is 9.99. The summed E-state index contributed by atoms with van der Waals surface area (Å²) in [7, 11) is 1.71. The molecule has 5 rings (SSSR count). The van der Waals surface area contributed by atoms with E-state index in [-0.39, 0.29) is 24.1 Å². The van der Waals surface area contributed by atoms with E-state index in [0.29, 0.717) is 23.6 Å². The first-order valence-corrected chi connectivity index (χ1v) is 12.0. The lowest BCUT2D eigenvalue weighted by Gasteiger charge is -2.38. The molecule has 0 bridgehead atoms. The van der Waals surface area contributed by atoms with Crippen LogP contribution < -0.4 is 26.4 Å². The number of anilines is 2. The van der Waals surface area contributed by atoms with Crippen molar-refractivity contribution in [1.29, 1.82) is 0 Å². The van der Waals surface area contributed by atoms with Gasteiger partial charge in [0.2, 0.25) is 0 Å². The lowest BCUT2D eigenvalue weighted by molar-refractivity contribution is 0.0730. The van der Waals surface area contributed by atoms with Crippen LogP contribution in [0.1, 0.15) is 27.3 Å². The molecule has 0 saturated carbocycles. The third-order valence-electron chi connectivity index (χ3n) is 6.51. The molecule has 0 aliphatic carbocycles. The third kappa shape index (κ3) is 4.23. The monoisotopic (exact) mass is 467 g/mol. The maximum absolute atomic E-state index is 13.0. The molecule has 8 nitrogen and oxygen atoms in total. The maximum atomic E-state index is 13.0. The van der Waals surface area contributed by atoms with E-state index in [9.17, 15) is 4.79 Å². The van der Waals surface area contributed by atoms with Gasteiger partial charge in [-0.05, 0) is 43.5 Å². The highest BCUT2D eigenvalue weighted by atomic mass is 32.1. The minimum Gasteiger partial charge on any atom is -0.491 e. The van der Waals surface area contributed by atoms with Gasteiger partial charge in [-0.3, -0.25) is 4.79 Å². The van der Waals surface area contributed by atoms with Crippen molar-refractivity contribution in [3.05, 3.63) is 46.5 Å². The Balaban J connectivity index is 1.27. The molecule has 0 spiro atoms. The van der Waals surface area contributed by atoms with Gasteiger partial charge in [0.05, 0.1) is 17.8 Å². The van der Waals surface area contributed by atoms with Crippen LogP contribution in [0.15, 0.2) is 30.3 Å². The molecular formula is C24H29N5O3S. The fraction of sp³-hybridized carbons (Fsp3) is 0.417. The quantitative estimate of drug-likeness (QED) is 0.540. The fourth-order valence-corrected chi connectivity index (χ4v) is 5.62. The summed E-state index contributed by atoms with van der Waals surface area (Å²) < 4.78 is 11.6. The second-order valence-corrected chi connectivity index (χ2v) is 9.80. The van der Waals surface area contributed by atoms with Crippen LogP contribution in [-0.2, 0) is 11.2 Å². The van der Waals surface area contributed by atoms with E-state index in [1.54, 1.807) is 7.11 Å². The van der Waals surface area contributed by atoms with Crippen LogP contribution in [0.3, 0.4) is 0 Å². The standard InChI is InChI=1S/C24H29N5O3S/c1-13-3-6-17-21(26)22(33-24(17)27-13)23(30)28-15-9-14-4-5-16(10-19(14)32-12-15)29-8-7-18(25)20(11-29)31-2/h3-6,10,15,18,20H,7-9,11-12,25-26H2,1-2H3,(H,28,30)/t15-,18-,20?/m1/s1. The Kier molecular flexibility index (Phi) is 5.86. The molecule has 33 heavy (non-hydrogen) atoms. The van der Waals surface area contributed by atoms with Crippen LogP contribution in [0.5, 0.6) is 5.75 Å². The van der Waals surface area contributed by atoms with Gasteiger partial charge in [-0.2, -0.15) is 0 Å². The van der Waals surface area contributed by atoms with E-state index in [1.165, 1.54) is 11.3 Å². The number of hydrogen-bond acceptors (Lipinski definition) is 8. The number of fused-ring (bicyclic) bond motifs is 2. The van der Waals surface area contributed by atoms with Crippen molar-refractivity contribution >= 4 is 38.8 Å². The van der Waals surface area contributed by atoms with Crippen molar-refractivity contribution in [2.75, 3.05) is 37.4 Å². The maximum Gasteiger partial charge on any atom is 0.263 e. The Morgan fingerprint density at radius 3 is 3.00 bits per heavy atom. The minimum atomic E-state index is -0.183. The number of methoxy groups -OCH3 is 1. The first-order valence-electron chi connectivity index (χ1n) is 11.2. The summed E-state index contributed by atoms with van der Waals surface area (Å²) in [4.78, 5) is 21.0. The third-order valence-corrected chi connectivity index (χ3v) is 7.62. The number of aromatic nitrogens is 1. The number of piperidine rings is 1. The van der Waals surface area contributed by atoms with E-state index in [4.69, 9.17) is 20.9 Å². The number of rotatable bonds is 4. The van der Waals surface area contributed by atoms with Crippen LogP contribution in [-0.4, -0.2) is 55.9 Å². The molecule has 3 aromatic rings. The second kappa shape index (κ2) is 8.81. The Hall–Kier alpha value is -2.88.